The third-order valence-corrected chi connectivity index (χ3v) is 3.45. The van der Waals surface area contributed by atoms with Gasteiger partial charge in [-0.05, 0) is 27.4 Å². The highest BCUT2D eigenvalue weighted by molar-refractivity contribution is 9.10. The highest BCUT2D eigenvalue weighted by Gasteiger charge is 2.11. The number of aliphatic carboxylic acids is 1. The molecule has 0 aromatic carbocycles. The Kier molecular flexibility index (Phi) is 3.16. The molecule has 0 fully saturated rings. The molecule has 5 nitrogen and oxygen atoms in total. The molecule has 0 saturated heterocycles. The maximum absolute atomic E-state index is 10.3. The fraction of sp³-hybridized carbons (Fsp3) is 0. The molecule has 0 bridgehead atoms. The molecular formula is C9H5BrN2O3S. The van der Waals surface area contributed by atoms with Crippen molar-refractivity contribution in [2.45, 2.75) is 0 Å². The Hall–Kier alpha value is -1.47. The summed E-state index contributed by atoms with van der Waals surface area (Å²) >= 11 is 4.80. The van der Waals surface area contributed by atoms with Crippen molar-refractivity contribution >= 4 is 39.3 Å². The molecule has 1 N–H and O–H groups in total. The Morgan fingerprint density at radius 1 is 1.56 bits per heavy atom. The lowest BCUT2D eigenvalue weighted by Crippen LogP contribution is -1.85. The molecule has 0 amide bonds. The van der Waals surface area contributed by atoms with Crippen LogP contribution >= 0.6 is 27.3 Å². The normalized spacial score (nSPS) is 11.1. The number of rotatable bonds is 3. The highest BCUT2D eigenvalue weighted by atomic mass is 79.9. The molecule has 0 aliphatic heterocycles. The van der Waals surface area contributed by atoms with E-state index in [-0.39, 0.29) is 5.89 Å². The lowest BCUT2D eigenvalue weighted by atomic mass is 10.5. The maximum Gasteiger partial charge on any atom is 0.328 e. The Bertz CT molecular complexity index is 546. The van der Waals surface area contributed by atoms with Gasteiger partial charge in [0, 0.05) is 16.6 Å². The van der Waals surface area contributed by atoms with E-state index in [0.29, 0.717) is 5.89 Å². The van der Waals surface area contributed by atoms with Crippen LogP contribution in [0.2, 0.25) is 0 Å². The van der Waals surface area contributed by atoms with Crippen LogP contribution in [0.5, 0.6) is 0 Å². The van der Waals surface area contributed by atoms with Crippen LogP contribution in [0.15, 0.2) is 26.4 Å². The van der Waals surface area contributed by atoms with Crippen LogP contribution in [-0.4, -0.2) is 21.3 Å². The first-order chi connectivity index (χ1) is 7.66. The standard InChI is InChI=1S/C9H5BrN2O3S/c10-5-3-4-16-8(5)9-12-11-6(15-9)1-2-7(13)14/h1-4H,(H,13,14)/b2-1+. The van der Waals surface area contributed by atoms with E-state index in [0.717, 1.165) is 15.4 Å². The van der Waals surface area contributed by atoms with Gasteiger partial charge in [-0.2, -0.15) is 0 Å². The van der Waals surface area contributed by atoms with Crippen molar-refractivity contribution < 1.29 is 14.3 Å². The van der Waals surface area contributed by atoms with Gasteiger partial charge in [0.1, 0.15) is 4.88 Å². The van der Waals surface area contributed by atoms with Crippen LogP contribution in [0.4, 0.5) is 0 Å². The summed E-state index contributed by atoms with van der Waals surface area (Å²) in [5.41, 5.74) is 0. The van der Waals surface area contributed by atoms with Crippen LogP contribution in [0, 0.1) is 0 Å². The van der Waals surface area contributed by atoms with E-state index in [9.17, 15) is 4.79 Å². The summed E-state index contributed by atoms with van der Waals surface area (Å²) < 4.78 is 6.14. The second kappa shape index (κ2) is 4.58. The summed E-state index contributed by atoms with van der Waals surface area (Å²) in [5, 5.41) is 17.8. The van der Waals surface area contributed by atoms with Crippen molar-refractivity contribution in [1.29, 1.82) is 0 Å². The number of carbonyl (C=O) groups is 1. The number of nitrogens with zero attached hydrogens (tertiary/aromatic N) is 2. The third kappa shape index (κ3) is 2.37. The SMILES string of the molecule is O=C(O)/C=C/c1nnc(-c2sccc2Br)o1. The summed E-state index contributed by atoms with van der Waals surface area (Å²) in [6, 6.07) is 1.87. The molecule has 82 valence electrons. The molecule has 0 atom stereocenters. The van der Waals surface area contributed by atoms with E-state index in [1.165, 1.54) is 17.4 Å². The largest absolute Gasteiger partial charge is 0.478 e. The minimum Gasteiger partial charge on any atom is -0.478 e. The van der Waals surface area contributed by atoms with Gasteiger partial charge in [-0.25, -0.2) is 4.79 Å². The van der Waals surface area contributed by atoms with Crippen molar-refractivity contribution in [3.8, 4) is 10.8 Å². The van der Waals surface area contributed by atoms with E-state index >= 15 is 0 Å². The molecule has 0 spiro atoms. The minimum atomic E-state index is -1.06. The van der Waals surface area contributed by atoms with Crippen LogP contribution in [0.25, 0.3) is 16.8 Å². The van der Waals surface area contributed by atoms with E-state index in [1.807, 2.05) is 11.4 Å². The molecule has 0 unspecified atom stereocenters. The minimum absolute atomic E-state index is 0.165. The zero-order valence-electron chi connectivity index (χ0n) is 7.75. The molecule has 0 aliphatic carbocycles. The summed E-state index contributed by atoms with van der Waals surface area (Å²) in [6.07, 6.45) is 2.20. The van der Waals surface area contributed by atoms with Gasteiger partial charge in [-0.15, -0.1) is 21.5 Å². The quantitative estimate of drug-likeness (QED) is 0.882. The highest BCUT2D eigenvalue weighted by Crippen LogP contribution is 2.32. The Morgan fingerprint density at radius 3 is 3.00 bits per heavy atom. The maximum atomic E-state index is 10.3. The first kappa shape index (κ1) is 11.0. The van der Waals surface area contributed by atoms with Crippen LogP contribution in [-0.2, 0) is 4.79 Å². The smallest absolute Gasteiger partial charge is 0.328 e. The Balaban J connectivity index is 2.27. The number of aromatic nitrogens is 2. The number of halogens is 1. The van der Waals surface area contributed by atoms with Crippen molar-refractivity contribution in [2.75, 3.05) is 0 Å². The van der Waals surface area contributed by atoms with Gasteiger partial charge >= 0.3 is 5.97 Å². The predicted octanol–water partition coefficient (Wildman–Crippen LogP) is 2.66. The monoisotopic (exact) mass is 300 g/mol. The van der Waals surface area contributed by atoms with Crippen molar-refractivity contribution in [3.63, 3.8) is 0 Å². The first-order valence-electron chi connectivity index (χ1n) is 4.14. The molecule has 0 saturated carbocycles. The number of hydrogen-bond donors (Lipinski definition) is 1. The van der Waals surface area contributed by atoms with Crippen molar-refractivity contribution in [3.05, 3.63) is 27.9 Å². The van der Waals surface area contributed by atoms with Gasteiger partial charge in [-0.3, -0.25) is 0 Å². The lowest BCUT2D eigenvalue weighted by Gasteiger charge is -1.87. The van der Waals surface area contributed by atoms with Crippen molar-refractivity contribution in [1.82, 2.24) is 10.2 Å². The van der Waals surface area contributed by atoms with Gasteiger partial charge in [0.15, 0.2) is 0 Å². The average molecular weight is 301 g/mol. The molecule has 0 aliphatic rings. The summed E-state index contributed by atoms with van der Waals surface area (Å²) in [4.78, 5) is 11.1. The predicted molar refractivity (Wildman–Crippen MR) is 62.0 cm³/mol. The second-order valence-corrected chi connectivity index (χ2v) is 4.49. The van der Waals surface area contributed by atoms with Crippen LogP contribution < -0.4 is 0 Å². The summed E-state index contributed by atoms with van der Waals surface area (Å²) in [5.74, 6) is -0.526. The molecule has 2 heterocycles. The molecule has 2 aromatic heterocycles. The first-order valence-corrected chi connectivity index (χ1v) is 5.82. The number of hydrogen-bond acceptors (Lipinski definition) is 5. The third-order valence-electron chi connectivity index (χ3n) is 1.62. The van der Waals surface area contributed by atoms with Gasteiger partial charge < -0.3 is 9.52 Å². The topological polar surface area (TPSA) is 76.2 Å². The van der Waals surface area contributed by atoms with Gasteiger partial charge in [0.05, 0.1) is 0 Å². The number of thiophene rings is 1. The molecule has 0 radical (unpaired) electrons. The summed E-state index contributed by atoms with van der Waals surface area (Å²) in [6.45, 7) is 0. The van der Waals surface area contributed by atoms with Crippen molar-refractivity contribution in [2.24, 2.45) is 0 Å². The fourth-order valence-corrected chi connectivity index (χ4v) is 2.44. The van der Waals surface area contributed by atoms with Gasteiger partial charge in [0.2, 0.25) is 5.89 Å². The zero-order chi connectivity index (χ0) is 11.5. The van der Waals surface area contributed by atoms with E-state index in [2.05, 4.69) is 26.1 Å². The molecule has 7 heteroatoms. The summed E-state index contributed by atoms with van der Waals surface area (Å²) in [7, 11) is 0. The Labute approximate surface area is 103 Å². The second-order valence-electron chi connectivity index (χ2n) is 2.71. The van der Waals surface area contributed by atoms with E-state index in [4.69, 9.17) is 9.52 Å². The number of carboxylic acid groups (broad SMARTS) is 1. The molecule has 2 rings (SSSR count). The van der Waals surface area contributed by atoms with E-state index < -0.39 is 5.97 Å². The van der Waals surface area contributed by atoms with Gasteiger partial charge in [0.25, 0.3) is 5.89 Å². The zero-order valence-corrected chi connectivity index (χ0v) is 10.2. The Morgan fingerprint density at radius 2 is 2.38 bits per heavy atom. The number of carboxylic acids is 1. The van der Waals surface area contributed by atoms with Gasteiger partial charge in [-0.1, -0.05) is 0 Å². The molecule has 16 heavy (non-hydrogen) atoms. The van der Waals surface area contributed by atoms with Crippen LogP contribution in [0.3, 0.4) is 0 Å². The lowest BCUT2D eigenvalue weighted by molar-refractivity contribution is -0.131. The molecular weight excluding hydrogens is 296 g/mol. The fourth-order valence-electron chi connectivity index (χ4n) is 0.983. The van der Waals surface area contributed by atoms with E-state index in [1.54, 1.807) is 0 Å². The van der Waals surface area contributed by atoms with Crippen LogP contribution in [0.1, 0.15) is 5.89 Å². The average Bonchev–Trinajstić information content (AvgIpc) is 2.83. The molecule has 2 aromatic rings.